The van der Waals surface area contributed by atoms with Crippen LogP contribution < -0.4 is 0 Å². The first-order valence-corrected chi connectivity index (χ1v) is 7.07. The number of carbonyl (C=O) groups is 2. The van der Waals surface area contributed by atoms with Gasteiger partial charge in [0.1, 0.15) is 0 Å². The molecular formula is C16H26N2O6. The lowest BCUT2D eigenvalue weighted by molar-refractivity contribution is -0.145. The standard InChI is InChI=1S/C10H18O4.C4H6.2CHNO/c1-3-13-9(11)7-5-6-8-10(12)14-4-2;1-3-4-2;2*2-1-3/h3-8H2,1-2H3;3-4H,1-2H2;2*2H. The van der Waals surface area contributed by atoms with Gasteiger partial charge in [-0.1, -0.05) is 25.3 Å². The van der Waals surface area contributed by atoms with E-state index in [2.05, 4.69) is 13.2 Å². The number of ether oxygens (including phenoxy) is 2. The van der Waals surface area contributed by atoms with Crippen molar-refractivity contribution in [1.29, 1.82) is 10.8 Å². The number of isocyanates is 2. The zero-order valence-electron chi connectivity index (χ0n) is 14.3. The van der Waals surface area contributed by atoms with E-state index >= 15 is 0 Å². The van der Waals surface area contributed by atoms with Gasteiger partial charge >= 0.3 is 11.9 Å². The van der Waals surface area contributed by atoms with Crippen LogP contribution in [-0.4, -0.2) is 37.3 Å². The Kier molecular flexibility index (Phi) is 39.2. The second kappa shape index (κ2) is 32.2. The Morgan fingerprint density at radius 3 is 1.29 bits per heavy atom. The molecule has 0 spiro atoms. The van der Waals surface area contributed by atoms with Crippen molar-refractivity contribution in [3.63, 3.8) is 0 Å². The van der Waals surface area contributed by atoms with Crippen molar-refractivity contribution in [2.24, 2.45) is 0 Å². The minimum absolute atomic E-state index is 0.198. The van der Waals surface area contributed by atoms with Gasteiger partial charge in [0, 0.05) is 12.8 Å². The molecule has 0 heterocycles. The highest BCUT2D eigenvalue weighted by Crippen LogP contribution is 2.02. The lowest BCUT2D eigenvalue weighted by Gasteiger charge is -2.02. The fourth-order valence-corrected chi connectivity index (χ4v) is 1.00. The third-order valence-electron chi connectivity index (χ3n) is 1.79. The number of allylic oxidation sites excluding steroid dienone is 2. The van der Waals surface area contributed by atoms with E-state index in [4.69, 9.17) is 29.9 Å². The fraction of sp³-hybridized carbons (Fsp3) is 0.500. The number of unbranched alkanes of at least 4 members (excludes halogenated alkanes) is 1. The highest BCUT2D eigenvalue weighted by atomic mass is 16.5. The van der Waals surface area contributed by atoms with Crippen LogP contribution in [0.4, 0.5) is 0 Å². The lowest BCUT2D eigenvalue weighted by Crippen LogP contribution is -2.06. The molecule has 0 rings (SSSR count). The summed E-state index contributed by atoms with van der Waals surface area (Å²) < 4.78 is 9.48. The van der Waals surface area contributed by atoms with Crippen LogP contribution in [-0.2, 0) is 28.7 Å². The summed E-state index contributed by atoms with van der Waals surface area (Å²) in [5.41, 5.74) is 0. The predicted molar refractivity (Wildman–Crippen MR) is 89.0 cm³/mol. The average Bonchev–Trinajstić information content (AvgIpc) is 2.54. The maximum atomic E-state index is 10.9. The quantitative estimate of drug-likeness (QED) is 0.229. The van der Waals surface area contributed by atoms with Gasteiger partial charge in [-0.2, -0.15) is 0 Å². The third kappa shape index (κ3) is 50.7. The van der Waals surface area contributed by atoms with E-state index < -0.39 is 0 Å². The molecule has 0 aromatic rings. The van der Waals surface area contributed by atoms with Crippen LogP contribution in [0.2, 0.25) is 0 Å². The van der Waals surface area contributed by atoms with Gasteiger partial charge in [0.05, 0.1) is 13.2 Å². The molecule has 136 valence electrons. The fourth-order valence-electron chi connectivity index (χ4n) is 1.00. The molecule has 0 atom stereocenters. The highest BCUT2D eigenvalue weighted by molar-refractivity contribution is 5.70. The summed E-state index contributed by atoms with van der Waals surface area (Å²) in [6, 6.07) is 0. The maximum Gasteiger partial charge on any atom is 0.305 e. The first kappa shape index (κ1) is 29.2. The molecule has 0 aromatic heterocycles. The van der Waals surface area contributed by atoms with Gasteiger partial charge in [0.25, 0.3) is 0 Å². The van der Waals surface area contributed by atoms with E-state index in [9.17, 15) is 9.59 Å². The van der Waals surface area contributed by atoms with Gasteiger partial charge in [-0.05, 0) is 26.7 Å². The van der Waals surface area contributed by atoms with Crippen LogP contribution in [0.5, 0.6) is 0 Å². The monoisotopic (exact) mass is 342 g/mol. The molecule has 0 bridgehead atoms. The average molecular weight is 342 g/mol. The van der Waals surface area contributed by atoms with Gasteiger partial charge in [0.15, 0.2) is 0 Å². The van der Waals surface area contributed by atoms with Crippen LogP contribution in [0.1, 0.15) is 39.5 Å². The van der Waals surface area contributed by atoms with Crippen molar-refractivity contribution in [2.45, 2.75) is 39.5 Å². The molecule has 2 N–H and O–H groups in total. The maximum absolute atomic E-state index is 10.9. The van der Waals surface area contributed by atoms with E-state index in [-0.39, 0.29) is 11.9 Å². The number of esters is 2. The van der Waals surface area contributed by atoms with Crippen molar-refractivity contribution >= 4 is 24.1 Å². The first-order valence-electron chi connectivity index (χ1n) is 7.07. The van der Waals surface area contributed by atoms with Crippen molar-refractivity contribution < 1.29 is 28.7 Å². The second-order valence-corrected chi connectivity index (χ2v) is 3.49. The molecule has 0 saturated heterocycles. The molecule has 0 aliphatic heterocycles. The van der Waals surface area contributed by atoms with Crippen molar-refractivity contribution in [2.75, 3.05) is 13.2 Å². The normalized spacial score (nSPS) is 7.08. The molecule has 8 heteroatoms. The van der Waals surface area contributed by atoms with E-state index in [1.54, 1.807) is 26.0 Å². The van der Waals surface area contributed by atoms with Crippen LogP contribution >= 0.6 is 0 Å². The molecule has 0 fully saturated rings. The summed E-state index contributed by atoms with van der Waals surface area (Å²) in [6.45, 7) is 11.1. The summed E-state index contributed by atoms with van der Waals surface area (Å²) in [7, 11) is 0. The summed E-state index contributed by atoms with van der Waals surface area (Å²) >= 11 is 0. The molecule has 8 nitrogen and oxygen atoms in total. The van der Waals surface area contributed by atoms with Crippen LogP contribution in [0.15, 0.2) is 25.3 Å². The molecule has 0 aromatic carbocycles. The van der Waals surface area contributed by atoms with Crippen molar-refractivity contribution in [1.82, 2.24) is 0 Å². The van der Waals surface area contributed by atoms with Crippen LogP contribution in [0, 0.1) is 10.8 Å². The molecule has 0 radical (unpaired) electrons. The Labute approximate surface area is 142 Å². The Balaban J connectivity index is -0.000000164. The van der Waals surface area contributed by atoms with Gasteiger partial charge in [-0.3, -0.25) is 9.59 Å². The molecule has 0 unspecified atom stereocenters. The number of hydrogen-bond acceptors (Lipinski definition) is 8. The summed E-state index contributed by atoms with van der Waals surface area (Å²) in [5.74, 6) is -0.396. The van der Waals surface area contributed by atoms with Crippen LogP contribution in [0.25, 0.3) is 0 Å². The van der Waals surface area contributed by atoms with Gasteiger partial charge in [-0.15, -0.1) is 0 Å². The molecular weight excluding hydrogens is 316 g/mol. The van der Waals surface area contributed by atoms with Gasteiger partial charge in [0.2, 0.25) is 12.2 Å². The Hall–Kier alpha value is -2.82. The van der Waals surface area contributed by atoms with E-state index in [1.807, 2.05) is 0 Å². The van der Waals surface area contributed by atoms with E-state index in [0.717, 1.165) is 12.2 Å². The number of hydrogen-bond donors (Lipinski definition) is 2. The number of nitrogens with one attached hydrogen (secondary N) is 2. The zero-order chi connectivity index (χ0) is 19.6. The first-order chi connectivity index (χ1) is 11.4. The second-order valence-electron chi connectivity index (χ2n) is 3.49. The van der Waals surface area contributed by atoms with Gasteiger partial charge < -0.3 is 9.47 Å². The molecule has 0 saturated carbocycles. The highest BCUT2D eigenvalue weighted by Gasteiger charge is 2.04. The van der Waals surface area contributed by atoms with Gasteiger partial charge in [-0.25, -0.2) is 20.4 Å². The largest absolute Gasteiger partial charge is 0.466 e. The van der Waals surface area contributed by atoms with Crippen LogP contribution in [0.3, 0.4) is 0 Å². The molecule has 0 amide bonds. The Bertz CT molecular complexity index is 357. The molecule has 0 aliphatic carbocycles. The summed E-state index contributed by atoms with van der Waals surface area (Å²) in [6.07, 6.45) is 6.90. The minimum Gasteiger partial charge on any atom is -0.466 e. The van der Waals surface area contributed by atoms with Crippen molar-refractivity contribution in [3.8, 4) is 0 Å². The number of carbonyl (C=O) groups excluding carboxylic acids is 4. The van der Waals surface area contributed by atoms with E-state index in [1.165, 1.54) is 0 Å². The number of rotatable bonds is 8. The Morgan fingerprint density at radius 1 is 0.875 bits per heavy atom. The Morgan fingerprint density at radius 2 is 1.12 bits per heavy atom. The molecule has 0 aliphatic rings. The SMILES string of the molecule is C=CC=C.CCOC(=O)CCCCC(=O)OCC.N=C=O.N=C=O. The summed E-state index contributed by atoms with van der Waals surface area (Å²) in [5, 5.41) is 10.8. The third-order valence-corrected chi connectivity index (χ3v) is 1.79. The van der Waals surface area contributed by atoms with Crippen molar-refractivity contribution in [3.05, 3.63) is 25.3 Å². The predicted octanol–water partition coefficient (Wildman–Crippen LogP) is 2.83. The minimum atomic E-state index is -0.198. The topological polar surface area (TPSA) is 134 Å². The molecule has 24 heavy (non-hydrogen) atoms. The zero-order valence-corrected chi connectivity index (χ0v) is 14.3. The van der Waals surface area contributed by atoms with E-state index in [0.29, 0.717) is 38.9 Å². The lowest BCUT2D eigenvalue weighted by atomic mass is 10.2. The summed E-state index contributed by atoms with van der Waals surface area (Å²) in [4.78, 5) is 38.4. The smallest absolute Gasteiger partial charge is 0.305 e.